The molecule has 0 aromatic rings. The maximum atomic E-state index is 10.5. The highest BCUT2D eigenvalue weighted by atomic mass is 16.1. The molecule has 3 N–H and O–H groups in total. The third-order valence-corrected chi connectivity index (χ3v) is 2.15. The molecule has 3 nitrogen and oxygen atoms in total. The van der Waals surface area contributed by atoms with Crippen LogP contribution in [-0.4, -0.2) is 18.5 Å². The highest BCUT2D eigenvalue weighted by Crippen LogP contribution is 2.17. The van der Waals surface area contributed by atoms with Crippen molar-refractivity contribution in [3.05, 3.63) is 0 Å². The zero-order valence-corrected chi connectivity index (χ0v) is 6.26. The van der Waals surface area contributed by atoms with E-state index in [1.165, 1.54) is 0 Å². The van der Waals surface area contributed by atoms with Gasteiger partial charge < -0.3 is 11.1 Å². The number of carbonyl (C=O) groups excluding carboxylic acids is 1. The van der Waals surface area contributed by atoms with Crippen LogP contribution >= 0.6 is 0 Å². The van der Waals surface area contributed by atoms with E-state index >= 15 is 0 Å². The Morgan fingerprint density at radius 1 is 1.80 bits per heavy atom. The lowest BCUT2D eigenvalue weighted by molar-refractivity contribution is -0.118. The fourth-order valence-electron chi connectivity index (χ4n) is 1.45. The van der Waals surface area contributed by atoms with E-state index in [9.17, 15) is 4.79 Å². The second-order valence-corrected chi connectivity index (χ2v) is 2.96. The summed E-state index contributed by atoms with van der Waals surface area (Å²) in [7, 11) is 0. The van der Waals surface area contributed by atoms with E-state index in [1.54, 1.807) is 0 Å². The molecule has 0 aromatic carbocycles. The third kappa shape index (κ3) is 1.70. The Kier molecular flexibility index (Phi) is 2.27. The van der Waals surface area contributed by atoms with E-state index in [2.05, 4.69) is 12.2 Å². The molecular weight excluding hydrogens is 128 g/mol. The van der Waals surface area contributed by atoms with Crippen molar-refractivity contribution in [2.75, 3.05) is 6.54 Å². The van der Waals surface area contributed by atoms with Gasteiger partial charge in [-0.2, -0.15) is 0 Å². The van der Waals surface area contributed by atoms with E-state index in [0.717, 1.165) is 13.0 Å². The number of nitrogens with one attached hydrogen (secondary N) is 1. The van der Waals surface area contributed by atoms with Crippen LogP contribution in [-0.2, 0) is 4.79 Å². The van der Waals surface area contributed by atoms with Gasteiger partial charge in [0, 0.05) is 12.5 Å². The summed E-state index contributed by atoms with van der Waals surface area (Å²) in [5, 5.41) is 3.27. The summed E-state index contributed by atoms with van der Waals surface area (Å²) in [6.45, 7) is 3.12. The van der Waals surface area contributed by atoms with E-state index in [0.29, 0.717) is 18.4 Å². The minimum atomic E-state index is -0.180. The lowest BCUT2D eigenvalue weighted by Crippen LogP contribution is -2.26. The van der Waals surface area contributed by atoms with Gasteiger partial charge in [0.25, 0.3) is 0 Å². The van der Waals surface area contributed by atoms with Crippen LogP contribution < -0.4 is 11.1 Å². The Bertz CT molecular complexity index is 136. The monoisotopic (exact) mass is 142 g/mol. The smallest absolute Gasteiger partial charge is 0.217 e. The van der Waals surface area contributed by atoms with Crippen LogP contribution in [0.5, 0.6) is 0 Å². The van der Waals surface area contributed by atoms with Gasteiger partial charge in [0.05, 0.1) is 0 Å². The summed E-state index contributed by atoms with van der Waals surface area (Å²) >= 11 is 0. The predicted octanol–water partition coefficient (Wildman–Crippen LogP) is -0.140. The van der Waals surface area contributed by atoms with Crippen LogP contribution in [0.1, 0.15) is 19.8 Å². The van der Waals surface area contributed by atoms with E-state index in [-0.39, 0.29) is 5.91 Å². The van der Waals surface area contributed by atoms with Crippen molar-refractivity contribution in [2.24, 2.45) is 11.7 Å². The SMILES string of the molecule is C[C@H]1NCC[C@@H]1CC(N)=O. The van der Waals surface area contributed by atoms with Crippen LogP contribution in [0.2, 0.25) is 0 Å². The van der Waals surface area contributed by atoms with Crippen molar-refractivity contribution in [3.63, 3.8) is 0 Å². The molecule has 0 saturated carbocycles. The molecule has 0 aromatic heterocycles. The summed E-state index contributed by atoms with van der Waals surface area (Å²) < 4.78 is 0. The van der Waals surface area contributed by atoms with Crippen molar-refractivity contribution in [1.82, 2.24) is 5.32 Å². The Morgan fingerprint density at radius 2 is 2.50 bits per heavy atom. The van der Waals surface area contributed by atoms with Gasteiger partial charge in [-0.05, 0) is 25.8 Å². The second-order valence-electron chi connectivity index (χ2n) is 2.96. The second kappa shape index (κ2) is 3.01. The Hall–Kier alpha value is -0.570. The topological polar surface area (TPSA) is 55.1 Å². The summed E-state index contributed by atoms with van der Waals surface area (Å²) in [4.78, 5) is 10.5. The normalized spacial score (nSPS) is 32.5. The molecule has 1 amide bonds. The third-order valence-electron chi connectivity index (χ3n) is 2.15. The standard InChI is InChI=1S/C7H14N2O/c1-5-6(2-3-9-5)4-7(8)10/h5-6,9H,2-4H2,1H3,(H2,8,10)/t5-,6-/m1/s1. The molecule has 58 valence electrons. The molecule has 10 heavy (non-hydrogen) atoms. The largest absolute Gasteiger partial charge is 0.370 e. The van der Waals surface area contributed by atoms with Gasteiger partial charge in [-0.3, -0.25) is 4.79 Å². The maximum Gasteiger partial charge on any atom is 0.217 e. The van der Waals surface area contributed by atoms with Crippen molar-refractivity contribution in [1.29, 1.82) is 0 Å². The summed E-state index contributed by atoms with van der Waals surface area (Å²) in [6, 6.07) is 0.465. The Labute approximate surface area is 61.0 Å². The molecule has 3 heteroatoms. The number of hydrogen-bond acceptors (Lipinski definition) is 2. The molecule has 0 aliphatic carbocycles. The first kappa shape index (κ1) is 7.54. The lowest BCUT2D eigenvalue weighted by atomic mass is 9.98. The molecule has 1 rings (SSSR count). The Morgan fingerprint density at radius 3 is 2.90 bits per heavy atom. The first-order valence-electron chi connectivity index (χ1n) is 3.72. The number of nitrogens with two attached hydrogens (primary N) is 1. The predicted molar refractivity (Wildman–Crippen MR) is 39.4 cm³/mol. The number of amides is 1. The first-order chi connectivity index (χ1) is 4.70. The summed E-state index contributed by atoms with van der Waals surface area (Å²) in [6.07, 6.45) is 1.62. The summed E-state index contributed by atoms with van der Waals surface area (Å²) in [5.74, 6) is 0.290. The average Bonchev–Trinajstić information content (AvgIpc) is 2.15. The Balaban J connectivity index is 2.33. The molecule has 0 bridgehead atoms. The fraction of sp³-hybridized carbons (Fsp3) is 0.857. The highest BCUT2D eigenvalue weighted by molar-refractivity contribution is 5.74. The fourth-order valence-corrected chi connectivity index (χ4v) is 1.45. The zero-order chi connectivity index (χ0) is 7.56. The van der Waals surface area contributed by atoms with Crippen molar-refractivity contribution in [2.45, 2.75) is 25.8 Å². The van der Waals surface area contributed by atoms with Crippen LogP contribution in [0.3, 0.4) is 0 Å². The van der Waals surface area contributed by atoms with Gasteiger partial charge in [0.15, 0.2) is 0 Å². The van der Waals surface area contributed by atoms with Gasteiger partial charge in [0.2, 0.25) is 5.91 Å². The molecule has 1 aliphatic heterocycles. The van der Waals surface area contributed by atoms with E-state index in [4.69, 9.17) is 5.73 Å². The zero-order valence-electron chi connectivity index (χ0n) is 6.26. The molecule has 0 spiro atoms. The minimum absolute atomic E-state index is 0.180. The molecule has 0 unspecified atom stereocenters. The minimum Gasteiger partial charge on any atom is -0.370 e. The van der Waals surface area contributed by atoms with E-state index < -0.39 is 0 Å². The highest BCUT2D eigenvalue weighted by Gasteiger charge is 2.23. The van der Waals surface area contributed by atoms with Crippen LogP contribution in [0.4, 0.5) is 0 Å². The van der Waals surface area contributed by atoms with Gasteiger partial charge in [-0.15, -0.1) is 0 Å². The van der Waals surface area contributed by atoms with Gasteiger partial charge in [-0.25, -0.2) is 0 Å². The molecule has 1 aliphatic rings. The molecule has 1 heterocycles. The lowest BCUT2D eigenvalue weighted by Gasteiger charge is -2.11. The molecule has 1 fully saturated rings. The van der Waals surface area contributed by atoms with E-state index in [1.807, 2.05) is 0 Å². The van der Waals surface area contributed by atoms with Crippen LogP contribution in [0.25, 0.3) is 0 Å². The van der Waals surface area contributed by atoms with Crippen molar-refractivity contribution >= 4 is 5.91 Å². The first-order valence-corrected chi connectivity index (χ1v) is 3.72. The van der Waals surface area contributed by atoms with Gasteiger partial charge in [-0.1, -0.05) is 0 Å². The van der Waals surface area contributed by atoms with Crippen LogP contribution in [0.15, 0.2) is 0 Å². The molecule has 0 radical (unpaired) electrons. The number of primary amides is 1. The van der Waals surface area contributed by atoms with Gasteiger partial charge in [0.1, 0.15) is 0 Å². The molecule has 2 atom stereocenters. The average molecular weight is 142 g/mol. The number of rotatable bonds is 2. The van der Waals surface area contributed by atoms with Crippen molar-refractivity contribution in [3.8, 4) is 0 Å². The van der Waals surface area contributed by atoms with Crippen LogP contribution in [0, 0.1) is 5.92 Å². The summed E-state index contributed by atoms with van der Waals surface area (Å²) in [5.41, 5.74) is 5.07. The molecular formula is C7H14N2O. The quantitative estimate of drug-likeness (QED) is 0.564. The number of hydrogen-bond donors (Lipinski definition) is 2. The van der Waals surface area contributed by atoms with Gasteiger partial charge >= 0.3 is 0 Å². The molecule has 1 saturated heterocycles. The van der Waals surface area contributed by atoms with Crippen molar-refractivity contribution < 1.29 is 4.79 Å². The maximum absolute atomic E-state index is 10.5. The number of carbonyl (C=O) groups is 1.